The fourth-order valence-corrected chi connectivity index (χ4v) is 3.87. The predicted octanol–water partition coefficient (Wildman–Crippen LogP) is 3.84. The van der Waals surface area contributed by atoms with Crippen LogP contribution in [0, 0.1) is 5.92 Å². The van der Waals surface area contributed by atoms with Crippen LogP contribution in [0.5, 0.6) is 11.5 Å². The molecule has 7 nitrogen and oxygen atoms in total. The maximum atomic E-state index is 13.0. The largest absolute Gasteiger partial charge is 0.493 e. The summed E-state index contributed by atoms with van der Waals surface area (Å²) in [6.45, 7) is 6.51. The molecule has 1 aliphatic heterocycles. The zero-order valence-corrected chi connectivity index (χ0v) is 17.2. The standard InChI is InChI=1S/C22H30N2O5/c1-4-12-28-17-11-10-15(13-18(17)27-3)20-19(14(2)23-22(26)24-20)21(25)29-16-8-6-5-7-9-16/h10-11,13,16,19-20H,2,4-9,12H2,1,3H3,(H2,23,24,26)/t19-,20+/m0/s1. The minimum absolute atomic E-state index is 0.0679. The molecule has 0 radical (unpaired) electrons. The second-order valence-electron chi connectivity index (χ2n) is 7.53. The summed E-state index contributed by atoms with van der Waals surface area (Å²) < 4.78 is 16.9. The molecule has 2 atom stereocenters. The average molecular weight is 402 g/mol. The van der Waals surface area contributed by atoms with Crippen LogP contribution in [0.25, 0.3) is 0 Å². The molecule has 2 amide bonds. The van der Waals surface area contributed by atoms with Crippen molar-refractivity contribution in [1.82, 2.24) is 10.6 Å². The van der Waals surface area contributed by atoms with E-state index in [1.165, 1.54) is 6.42 Å². The Labute approximate surface area is 171 Å². The highest BCUT2D eigenvalue weighted by molar-refractivity contribution is 5.85. The maximum absolute atomic E-state index is 13.0. The fraction of sp³-hybridized carbons (Fsp3) is 0.545. The van der Waals surface area contributed by atoms with Crippen LogP contribution in [0.4, 0.5) is 4.79 Å². The van der Waals surface area contributed by atoms with Crippen LogP contribution >= 0.6 is 0 Å². The van der Waals surface area contributed by atoms with E-state index in [1.807, 2.05) is 13.0 Å². The van der Waals surface area contributed by atoms with E-state index in [2.05, 4.69) is 17.2 Å². The van der Waals surface area contributed by atoms with Gasteiger partial charge >= 0.3 is 12.0 Å². The van der Waals surface area contributed by atoms with E-state index in [4.69, 9.17) is 14.2 Å². The number of hydrogen-bond acceptors (Lipinski definition) is 5. The Morgan fingerprint density at radius 1 is 1.21 bits per heavy atom. The van der Waals surface area contributed by atoms with Gasteiger partial charge in [-0.3, -0.25) is 4.79 Å². The lowest BCUT2D eigenvalue weighted by molar-refractivity contribution is -0.155. The zero-order chi connectivity index (χ0) is 20.8. The summed E-state index contributed by atoms with van der Waals surface area (Å²) >= 11 is 0. The topological polar surface area (TPSA) is 85.9 Å². The number of rotatable bonds is 7. The molecule has 1 aliphatic carbocycles. The Kier molecular flexibility index (Phi) is 7.01. The van der Waals surface area contributed by atoms with E-state index in [9.17, 15) is 9.59 Å². The van der Waals surface area contributed by atoms with E-state index in [1.54, 1.807) is 19.2 Å². The molecule has 0 unspecified atom stereocenters. The highest BCUT2D eigenvalue weighted by Gasteiger charge is 2.40. The third-order valence-electron chi connectivity index (χ3n) is 5.37. The van der Waals surface area contributed by atoms with Crippen molar-refractivity contribution in [3.05, 3.63) is 36.0 Å². The van der Waals surface area contributed by atoms with Crippen LogP contribution in [-0.2, 0) is 9.53 Å². The monoisotopic (exact) mass is 402 g/mol. The molecule has 2 aliphatic rings. The predicted molar refractivity (Wildman–Crippen MR) is 109 cm³/mol. The molecule has 0 bridgehead atoms. The Balaban J connectivity index is 1.84. The second kappa shape index (κ2) is 9.67. The molecule has 7 heteroatoms. The minimum Gasteiger partial charge on any atom is -0.493 e. The van der Waals surface area contributed by atoms with E-state index < -0.39 is 18.0 Å². The summed E-state index contributed by atoms with van der Waals surface area (Å²) in [6.07, 6.45) is 5.89. The van der Waals surface area contributed by atoms with Crippen LogP contribution in [0.3, 0.4) is 0 Å². The Morgan fingerprint density at radius 2 is 1.97 bits per heavy atom. The molecule has 1 saturated carbocycles. The molecular weight excluding hydrogens is 372 g/mol. The van der Waals surface area contributed by atoms with Gasteiger partial charge in [-0.15, -0.1) is 0 Å². The van der Waals surface area contributed by atoms with Crippen molar-refractivity contribution >= 4 is 12.0 Å². The highest BCUT2D eigenvalue weighted by Crippen LogP contribution is 2.36. The Morgan fingerprint density at radius 3 is 2.66 bits per heavy atom. The van der Waals surface area contributed by atoms with Gasteiger partial charge in [-0.2, -0.15) is 0 Å². The average Bonchev–Trinajstić information content (AvgIpc) is 2.72. The minimum atomic E-state index is -0.721. The second-order valence-corrected chi connectivity index (χ2v) is 7.53. The van der Waals surface area contributed by atoms with Crippen LogP contribution in [0.1, 0.15) is 57.1 Å². The number of esters is 1. The highest BCUT2D eigenvalue weighted by atomic mass is 16.5. The van der Waals surface area contributed by atoms with Crippen molar-refractivity contribution in [1.29, 1.82) is 0 Å². The van der Waals surface area contributed by atoms with Gasteiger partial charge in [0.05, 0.1) is 19.8 Å². The summed E-state index contributed by atoms with van der Waals surface area (Å²) in [6, 6.07) is 4.42. The zero-order valence-electron chi connectivity index (χ0n) is 17.2. The number of urea groups is 1. The molecule has 1 aromatic rings. The van der Waals surface area contributed by atoms with Crippen LogP contribution in [0.15, 0.2) is 30.5 Å². The van der Waals surface area contributed by atoms with Crippen LogP contribution < -0.4 is 20.1 Å². The lowest BCUT2D eigenvalue weighted by Gasteiger charge is -2.34. The summed E-state index contributed by atoms with van der Waals surface area (Å²) in [5, 5.41) is 5.45. The molecule has 1 saturated heterocycles. The maximum Gasteiger partial charge on any atom is 0.319 e. The number of amides is 2. The van der Waals surface area contributed by atoms with Gasteiger partial charge in [0.1, 0.15) is 12.0 Å². The summed E-state index contributed by atoms with van der Waals surface area (Å²) in [5.41, 5.74) is 1.07. The third-order valence-corrected chi connectivity index (χ3v) is 5.37. The summed E-state index contributed by atoms with van der Waals surface area (Å²) in [4.78, 5) is 25.1. The lowest BCUT2D eigenvalue weighted by atomic mass is 9.88. The van der Waals surface area contributed by atoms with E-state index in [0.29, 0.717) is 23.8 Å². The Bertz CT molecular complexity index is 758. The number of ether oxygens (including phenoxy) is 3. The van der Waals surface area contributed by atoms with Crippen molar-refractivity contribution in [3.8, 4) is 11.5 Å². The van der Waals surface area contributed by atoms with Crippen LogP contribution in [-0.4, -0.2) is 31.8 Å². The quantitative estimate of drug-likeness (QED) is 0.677. The van der Waals surface area contributed by atoms with Crippen LogP contribution in [0.2, 0.25) is 0 Å². The van der Waals surface area contributed by atoms with Crippen molar-refractivity contribution in [2.45, 2.75) is 57.6 Å². The molecule has 158 valence electrons. The number of nitrogens with one attached hydrogen (secondary N) is 2. The fourth-order valence-electron chi connectivity index (χ4n) is 3.87. The number of carbonyl (C=O) groups excluding carboxylic acids is 2. The first kappa shape index (κ1) is 21.0. The van der Waals surface area contributed by atoms with E-state index in [0.717, 1.165) is 37.7 Å². The third kappa shape index (κ3) is 5.02. The van der Waals surface area contributed by atoms with Crippen molar-refractivity contribution in [2.24, 2.45) is 5.92 Å². The normalized spacial score (nSPS) is 22.4. The molecule has 2 fully saturated rings. The molecule has 0 spiro atoms. The summed E-state index contributed by atoms with van der Waals surface area (Å²) in [5.74, 6) is 0.0821. The van der Waals surface area contributed by atoms with Crippen molar-refractivity contribution in [2.75, 3.05) is 13.7 Å². The van der Waals surface area contributed by atoms with Gasteiger partial charge in [0, 0.05) is 5.70 Å². The van der Waals surface area contributed by atoms with Gasteiger partial charge < -0.3 is 24.8 Å². The first-order chi connectivity index (χ1) is 14.0. The first-order valence-corrected chi connectivity index (χ1v) is 10.3. The van der Waals surface area contributed by atoms with Crippen molar-refractivity contribution < 1.29 is 23.8 Å². The Hall–Kier alpha value is -2.70. The molecule has 2 N–H and O–H groups in total. The van der Waals surface area contributed by atoms with Gasteiger partial charge in [-0.1, -0.05) is 26.0 Å². The van der Waals surface area contributed by atoms with Gasteiger partial charge in [-0.25, -0.2) is 4.79 Å². The lowest BCUT2D eigenvalue weighted by Crippen LogP contribution is -2.51. The molecule has 1 heterocycles. The molecule has 1 aromatic carbocycles. The first-order valence-electron chi connectivity index (χ1n) is 10.3. The molecule has 0 aromatic heterocycles. The number of benzene rings is 1. The summed E-state index contributed by atoms with van der Waals surface area (Å²) in [7, 11) is 1.56. The molecule has 29 heavy (non-hydrogen) atoms. The number of hydrogen-bond donors (Lipinski definition) is 2. The van der Waals surface area contributed by atoms with Gasteiger partial charge in [0.15, 0.2) is 11.5 Å². The van der Waals surface area contributed by atoms with Gasteiger partial charge in [0.25, 0.3) is 0 Å². The number of carbonyl (C=O) groups is 2. The van der Waals surface area contributed by atoms with Gasteiger partial charge in [0.2, 0.25) is 0 Å². The number of methoxy groups -OCH3 is 1. The SMILES string of the molecule is C=C1NC(=O)N[C@H](c2ccc(OCCC)c(OC)c2)[C@H]1C(=O)OC1CCCCC1. The van der Waals surface area contributed by atoms with Crippen molar-refractivity contribution in [3.63, 3.8) is 0 Å². The van der Waals surface area contributed by atoms with E-state index >= 15 is 0 Å². The molecule has 3 rings (SSSR count). The molecular formula is C22H30N2O5. The smallest absolute Gasteiger partial charge is 0.319 e. The van der Waals surface area contributed by atoms with E-state index in [-0.39, 0.29) is 12.1 Å². The van der Waals surface area contributed by atoms with Gasteiger partial charge in [-0.05, 0) is 49.8 Å².